The number of nitro groups is 1. The number of nitrogens with zero attached hydrogens (tertiary/aromatic N) is 5. The third kappa shape index (κ3) is 2.83. The molecular weight excluding hydrogens is 345 g/mol. The summed E-state index contributed by atoms with van der Waals surface area (Å²) < 4.78 is 6.83. The molecule has 8 nitrogen and oxygen atoms in total. The van der Waals surface area contributed by atoms with Gasteiger partial charge in [0.2, 0.25) is 5.28 Å². The van der Waals surface area contributed by atoms with Crippen molar-refractivity contribution in [1.29, 1.82) is 0 Å². The molecule has 1 aromatic carbocycles. The highest BCUT2D eigenvalue weighted by atomic mass is 35.5. The van der Waals surface area contributed by atoms with Crippen molar-refractivity contribution >= 4 is 40.1 Å². The van der Waals surface area contributed by atoms with Gasteiger partial charge in [-0.3, -0.25) is 14.7 Å². The molecule has 0 saturated carbocycles. The van der Waals surface area contributed by atoms with Crippen LogP contribution in [0.1, 0.15) is 0 Å². The summed E-state index contributed by atoms with van der Waals surface area (Å²) in [4.78, 5) is 22.7. The van der Waals surface area contributed by atoms with Crippen LogP contribution in [-0.4, -0.2) is 31.6 Å². The molecule has 0 spiro atoms. The Morgan fingerprint density at radius 2 is 1.91 bits per heavy atom. The van der Waals surface area contributed by atoms with E-state index in [0.29, 0.717) is 22.6 Å². The smallest absolute Gasteiger partial charge is 0.269 e. The predicted molar refractivity (Wildman–Crippen MR) is 84.4 cm³/mol. The van der Waals surface area contributed by atoms with Crippen LogP contribution in [0.25, 0.3) is 22.6 Å². The highest BCUT2D eigenvalue weighted by Crippen LogP contribution is 2.29. The summed E-state index contributed by atoms with van der Waals surface area (Å²) >= 11 is 11.9. The fraction of sp³-hybridized carbons (Fsp3) is 0.154. The van der Waals surface area contributed by atoms with Gasteiger partial charge in [0.25, 0.3) is 5.69 Å². The summed E-state index contributed by atoms with van der Waals surface area (Å²) in [6.45, 7) is 0.159. The van der Waals surface area contributed by atoms with Gasteiger partial charge < -0.3 is 4.74 Å². The van der Waals surface area contributed by atoms with Gasteiger partial charge >= 0.3 is 0 Å². The number of imidazole rings is 1. The summed E-state index contributed by atoms with van der Waals surface area (Å²) in [6, 6.07) is 5.97. The number of aromatic nitrogens is 4. The fourth-order valence-electron chi connectivity index (χ4n) is 2.15. The van der Waals surface area contributed by atoms with Gasteiger partial charge in [-0.25, -0.2) is 9.97 Å². The average molecular weight is 354 g/mol. The zero-order valence-electron chi connectivity index (χ0n) is 11.7. The summed E-state index contributed by atoms with van der Waals surface area (Å²) in [5, 5.41) is 10.9. The van der Waals surface area contributed by atoms with Gasteiger partial charge in [-0.15, -0.1) is 0 Å². The van der Waals surface area contributed by atoms with Crippen molar-refractivity contribution in [3.63, 3.8) is 0 Å². The van der Waals surface area contributed by atoms with E-state index in [1.165, 1.54) is 19.2 Å². The highest BCUT2D eigenvalue weighted by Gasteiger charge is 2.18. The van der Waals surface area contributed by atoms with Crippen molar-refractivity contribution in [2.24, 2.45) is 0 Å². The first kappa shape index (κ1) is 15.6. The molecule has 0 bridgehead atoms. The Morgan fingerprint density at radius 3 is 2.52 bits per heavy atom. The maximum atomic E-state index is 10.8. The monoisotopic (exact) mass is 353 g/mol. The number of rotatable bonds is 4. The second kappa shape index (κ2) is 6.07. The van der Waals surface area contributed by atoms with Crippen LogP contribution in [0.3, 0.4) is 0 Å². The minimum atomic E-state index is -0.468. The lowest BCUT2D eigenvalue weighted by atomic mass is 10.2. The minimum Gasteiger partial charge on any atom is -0.364 e. The molecule has 0 amide bonds. The van der Waals surface area contributed by atoms with Crippen LogP contribution < -0.4 is 0 Å². The highest BCUT2D eigenvalue weighted by molar-refractivity contribution is 6.35. The molecule has 0 unspecified atom stereocenters. The number of fused-ring (bicyclic) bond motifs is 1. The number of nitro benzene ring substituents is 1. The number of methoxy groups -OCH3 is 1. The minimum absolute atomic E-state index is 0.00463. The third-order valence-corrected chi connectivity index (χ3v) is 3.55. The third-order valence-electron chi connectivity index (χ3n) is 3.12. The van der Waals surface area contributed by atoms with Crippen LogP contribution in [0.15, 0.2) is 24.3 Å². The summed E-state index contributed by atoms with van der Waals surface area (Å²) in [6.07, 6.45) is 0. The molecule has 10 heteroatoms. The van der Waals surface area contributed by atoms with Crippen molar-refractivity contribution in [3.8, 4) is 11.4 Å². The van der Waals surface area contributed by atoms with E-state index in [9.17, 15) is 10.1 Å². The van der Waals surface area contributed by atoms with Gasteiger partial charge in [-0.2, -0.15) is 4.98 Å². The second-order valence-corrected chi connectivity index (χ2v) is 5.24. The molecule has 2 heterocycles. The maximum absolute atomic E-state index is 10.8. The van der Waals surface area contributed by atoms with Crippen molar-refractivity contribution in [1.82, 2.24) is 19.5 Å². The molecule has 3 aromatic rings. The van der Waals surface area contributed by atoms with Crippen molar-refractivity contribution in [2.75, 3.05) is 7.11 Å². The van der Waals surface area contributed by atoms with Crippen LogP contribution in [0.5, 0.6) is 0 Å². The SMILES string of the molecule is COCn1c(-c2ccc([N+](=O)[O-])cc2)nc2c(Cl)nc(Cl)nc21. The van der Waals surface area contributed by atoms with Gasteiger partial charge in [0.05, 0.1) is 4.92 Å². The van der Waals surface area contributed by atoms with Crippen LogP contribution in [0, 0.1) is 10.1 Å². The number of benzene rings is 1. The normalized spacial score (nSPS) is 11.1. The van der Waals surface area contributed by atoms with Crippen LogP contribution in [0.2, 0.25) is 10.4 Å². The van der Waals surface area contributed by atoms with Gasteiger partial charge in [0.15, 0.2) is 10.8 Å². The summed E-state index contributed by atoms with van der Waals surface area (Å²) in [5.74, 6) is 0.496. The Kier molecular flexibility index (Phi) is 4.12. The van der Waals surface area contributed by atoms with Crippen LogP contribution >= 0.6 is 23.2 Å². The Morgan fingerprint density at radius 1 is 1.22 bits per heavy atom. The number of hydrogen-bond donors (Lipinski definition) is 0. The molecule has 118 valence electrons. The van der Waals surface area contributed by atoms with E-state index in [2.05, 4.69) is 15.0 Å². The zero-order valence-corrected chi connectivity index (χ0v) is 13.2. The van der Waals surface area contributed by atoms with E-state index in [0.717, 1.165) is 0 Å². The number of ether oxygens (including phenoxy) is 1. The Bertz CT molecular complexity index is 895. The molecule has 0 atom stereocenters. The molecule has 0 fully saturated rings. The van der Waals surface area contributed by atoms with E-state index in [-0.39, 0.29) is 22.9 Å². The lowest BCUT2D eigenvalue weighted by molar-refractivity contribution is -0.384. The largest absolute Gasteiger partial charge is 0.364 e. The van der Waals surface area contributed by atoms with E-state index < -0.39 is 4.92 Å². The molecule has 0 radical (unpaired) electrons. The summed E-state index contributed by atoms with van der Waals surface area (Å²) in [7, 11) is 1.52. The van der Waals surface area contributed by atoms with Crippen molar-refractivity contribution < 1.29 is 9.66 Å². The number of non-ortho nitro benzene ring substituents is 1. The predicted octanol–water partition coefficient (Wildman–Crippen LogP) is 3.31. The van der Waals surface area contributed by atoms with Crippen LogP contribution in [-0.2, 0) is 11.5 Å². The molecule has 23 heavy (non-hydrogen) atoms. The van der Waals surface area contributed by atoms with Gasteiger partial charge in [-0.1, -0.05) is 11.6 Å². The van der Waals surface area contributed by atoms with Gasteiger partial charge in [0, 0.05) is 24.8 Å². The second-order valence-electron chi connectivity index (χ2n) is 4.54. The standard InChI is InChI=1S/C13H9Cl2N5O3/c1-23-6-19-11(7-2-4-8(5-3-7)20(21)22)16-9-10(14)17-13(15)18-12(9)19/h2-5H,6H2,1H3. The van der Waals surface area contributed by atoms with E-state index in [1.54, 1.807) is 16.7 Å². The molecule has 0 aliphatic heterocycles. The topological polar surface area (TPSA) is 96.0 Å². The average Bonchev–Trinajstić information content (AvgIpc) is 2.87. The quantitative estimate of drug-likeness (QED) is 0.309. The van der Waals surface area contributed by atoms with Crippen LogP contribution in [0.4, 0.5) is 5.69 Å². The molecule has 2 aromatic heterocycles. The van der Waals surface area contributed by atoms with E-state index in [4.69, 9.17) is 27.9 Å². The Balaban J connectivity index is 2.21. The maximum Gasteiger partial charge on any atom is 0.269 e. The summed E-state index contributed by atoms with van der Waals surface area (Å²) in [5.41, 5.74) is 1.44. The Labute approximate surface area is 139 Å². The number of hydrogen-bond acceptors (Lipinski definition) is 6. The Hall–Kier alpha value is -2.29. The first-order valence-corrected chi connectivity index (χ1v) is 7.10. The molecular formula is C13H9Cl2N5O3. The van der Waals surface area contributed by atoms with Crippen molar-refractivity contribution in [3.05, 3.63) is 44.8 Å². The molecule has 0 aliphatic carbocycles. The molecule has 0 N–H and O–H groups in total. The van der Waals surface area contributed by atoms with Crippen molar-refractivity contribution in [2.45, 2.75) is 6.73 Å². The first-order valence-electron chi connectivity index (χ1n) is 6.34. The lowest BCUT2D eigenvalue weighted by Crippen LogP contribution is -2.03. The van der Waals surface area contributed by atoms with Gasteiger partial charge in [-0.05, 0) is 23.7 Å². The lowest BCUT2D eigenvalue weighted by Gasteiger charge is -2.07. The van der Waals surface area contributed by atoms with E-state index in [1.807, 2.05) is 0 Å². The van der Waals surface area contributed by atoms with Gasteiger partial charge in [0.1, 0.15) is 18.1 Å². The number of halogens is 2. The molecule has 0 aliphatic rings. The molecule has 3 rings (SSSR count). The first-order chi connectivity index (χ1) is 11.0. The fourth-order valence-corrected chi connectivity index (χ4v) is 2.56. The molecule has 0 saturated heterocycles. The van der Waals surface area contributed by atoms with E-state index >= 15 is 0 Å². The zero-order chi connectivity index (χ0) is 16.6.